The van der Waals surface area contributed by atoms with Crippen molar-refractivity contribution in [3.8, 4) is 0 Å². The van der Waals surface area contributed by atoms with Gasteiger partial charge in [-0.3, -0.25) is 19.1 Å². The Kier molecular flexibility index (Phi) is 7.07. The number of amides is 1. The number of fused-ring (bicyclic) bond motifs is 1. The van der Waals surface area contributed by atoms with Crippen LogP contribution in [-0.2, 0) is 4.79 Å². The molecule has 6 nitrogen and oxygen atoms in total. The van der Waals surface area contributed by atoms with Gasteiger partial charge in [-0.2, -0.15) is 0 Å². The molecule has 1 saturated heterocycles. The highest BCUT2D eigenvalue weighted by Crippen LogP contribution is 2.34. The molecule has 0 saturated carbocycles. The molecule has 1 fully saturated rings. The minimum atomic E-state index is -0.122. The molecule has 3 heterocycles. The Hall–Kier alpha value is -2.90. The first-order chi connectivity index (χ1) is 17.0. The first-order valence-corrected chi connectivity index (χ1v) is 13.4. The molecule has 0 spiro atoms. The molecule has 0 aliphatic carbocycles. The van der Waals surface area contributed by atoms with E-state index in [1.54, 1.807) is 22.4 Å². The van der Waals surface area contributed by atoms with E-state index >= 15 is 0 Å². The Morgan fingerprint density at radius 2 is 1.57 bits per heavy atom. The zero-order chi connectivity index (χ0) is 24.4. The molecule has 0 N–H and O–H groups in total. The average Bonchev–Trinajstić information content (AvgIpc) is 3.29. The molecule has 0 radical (unpaired) electrons. The van der Waals surface area contributed by atoms with Gasteiger partial charge in [-0.15, -0.1) is 0 Å². The molecule has 182 valence electrons. The maximum atomic E-state index is 13.2. The summed E-state index contributed by atoms with van der Waals surface area (Å²) in [7, 11) is 0. The number of carbonyl (C=O) groups is 1. The largest absolute Gasteiger partial charge is 0.340 e. The molecule has 1 unspecified atom stereocenters. The summed E-state index contributed by atoms with van der Waals surface area (Å²) in [5.41, 5.74) is 3.32. The third kappa shape index (κ3) is 5.07. The summed E-state index contributed by atoms with van der Waals surface area (Å²) in [5.74, 6) is 1.06. The average molecular weight is 489 g/mol. The van der Waals surface area contributed by atoms with E-state index in [4.69, 9.17) is 0 Å². The van der Waals surface area contributed by atoms with Gasteiger partial charge in [0.25, 0.3) is 5.56 Å². The van der Waals surface area contributed by atoms with E-state index < -0.39 is 0 Å². The predicted molar refractivity (Wildman–Crippen MR) is 140 cm³/mol. The van der Waals surface area contributed by atoms with E-state index in [1.807, 2.05) is 30.9 Å². The van der Waals surface area contributed by atoms with E-state index in [0.29, 0.717) is 19.5 Å². The second-order valence-corrected chi connectivity index (χ2v) is 10.6. The third-order valence-electron chi connectivity index (χ3n) is 6.97. The molecule has 2 aromatic carbocycles. The molecule has 3 aromatic rings. The number of thioether (sulfide) groups is 1. The smallest absolute Gasteiger partial charge is 0.254 e. The zero-order valence-electron chi connectivity index (χ0n) is 20.3. The number of benzene rings is 2. The van der Waals surface area contributed by atoms with Crippen molar-refractivity contribution >= 4 is 17.7 Å². The maximum Gasteiger partial charge on any atom is 0.254 e. The van der Waals surface area contributed by atoms with E-state index in [2.05, 4.69) is 58.4 Å². The fourth-order valence-corrected chi connectivity index (χ4v) is 6.22. The van der Waals surface area contributed by atoms with E-state index in [1.165, 1.54) is 11.1 Å². The van der Waals surface area contributed by atoms with Gasteiger partial charge in [-0.25, -0.2) is 4.98 Å². The van der Waals surface area contributed by atoms with Gasteiger partial charge < -0.3 is 4.90 Å². The second-order valence-electron chi connectivity index (χ2n) is 9.64. The second kappa shape index (κ2) is 10.4. The number of hydrogen-bond acceptors (Lipinski definition) is 5. The van der Waals surface area contributed by atoms with Crippen LogP contribution in [0.1, 0.15) is 55.1 Å². The molecule has 0 bridgehead atoms. The zero-order valence-corrected chi connectivity index (χ0v) is 21.2. The van der Waals surface area contributed by atoms with Gasteiger partial charge in [0.05, 0.1) is 17.8 Å². The molecule has 2 aliphatic rings. The van der Waals surface area contributed by atoms with Crippen LogP contribution >= 0.6 is 11.8 Å². The number of rotatable bonds is 6. The fourth-order valence-electron chi connectivity index (χ4n) is 5.06. The lowest BCUT2D eigenvalue weighted by atomic mass is 9.96. The molecule has 1 aromatic heterocycles. The normalized spacial score (nSPS) is 18.3. The van der Waals surface area contributed by atoms with Gasteiger partial charge in [0.2, 0.25) is 5.91 Å². The van der Waals surface area contributed by atoms with Crippen molar-refractivity contribution in [1.29, 1.82) is 0 Å². The quantitative estimate of drug-likeness (QED) is 0.483. The Morgan fingerprint density at radius 3 is 2.14 bits per heavy atom. The van der Waals surface area contributed by atoms with E-state index in [0.717, 1.165) is 29.7 Å². The van der Waals surface area contributed by atoms with E-state index in [-0.39, 0.29) is 29.5 Å². The number of nitrogens with zero attached hydrogens (tertiary/aromatic N) is 4. The lowest BCUT2D eigenvalue weighted by Crippen LogP contribution is -2.50. The topological polar surface area (TPSA) is 58.4 Å². The molecular formula is C28H32N4O2S. The number of hydrogen-bond donors (Lipinski definition) is 0. The Morgan fingerprint density at radius 1 is 0.971 bits per heavy atom. The van der Waals surface area contributed by atoms with Crippen molar-refractivity contribution in [2.45, 2.75) is 43.4 Å². The Balaban J connectivity index is 1.26. The lowest BCUT2D eigenvalue weighted by Gasteiger charge is -2.40. The van der Waals surface area contributed by atoms with Gasteiger partial charge in [0, 0.05) is 44.4 Å². The maximum absolute atomic E-state index is 13.2. The van der Waals surface area contributed by atoms with Crippen molar-refractivity contribution < 1.29 is 4.79 Å². The molecule has 1 atom stereocenters. The number of aromatic nitrogens is 2. The van der Waals surface area contributed by atoms with Crippen molar-refractivity contribution in [2.75, 3.05) is 31.9 Å². The molecule has 1 amide bonds. The van der Waals surface area contributed by atoms with Gasteiger partial charge in [0.15, 0.2) is 5.16 Å². The molecular weight excluding hydrogens is 456 g/mol. The summed E-state index contributed by atoms with van der Waals surface area (Å²) in [6.07, 6.45) is 0.351. The van der Waals surface area contributed by atoms with Gasteiger partial charge in [-0.1, -0.05) is 86.3 Å². The summed E-state index contributed by atoms with van der Waals surface area (Å²) in [5, 5.41) is 0.748. The summed E-state index contributed by atoms with van der Waals surface area (Å²) < 4.78 is 1.73. The Bertz CT molecular complexity index is 1180. The third-order valence-corrected chi connectivity index (χ3v) is 8.07. The van der Waals surface area contributed by atoms with Crippen LogP contribution in [0.5, 0.6) is 0 Å². The lowest BCUT2D eigenvalue weighted by molar-refractivity contribution is -0.133. The summed E-state index contributed by atoms with van der Waals surface area (Å²) in [6.45, 7) is 7.10. The standard InChI is InChI=1S/C28H32N4O2S/c1-20(2)24-18-26(34)32-23(19-35-28(32)29-24)17-25(33)30-13-15-31(16-14-30)27(21-9-5-3-6-10-21)22-11-7-4-8-12-22/h3-12,18,20,23,27H,13-17,19H2,1-2H3. The van der Waals surface area contributed by atoms with E-state index in [9.17, 15) is 9.59 Å². The molecule has 35 heavy (non-hydrogen) atoms. The monoisotopic (exact) mass is 488 g/mol. The van der Waals surface area contributed by atoms with Gasteiger partial charge >= 0.3 is 0 Å². The highest BCUT2D eigenvalue weighted by atomic mass is 32.2. The SMILES string of the molecule is CC(C)c1cc(=O)n2c(n1)SCC2CC(=O)N1CCN(C(c2ccccc2)c2ccccc2)CC1. The fraction of sp³-hybridized carbons (Fsp3) is 0.393. The predicted octanol–water partition coefficient (Wildman–Crippen LogP) is 4.34. The van der Waals surface area contributed by atoms with Crippen LogP contribution in [0.2, 0.25) is 0 Å². The molecule has 7 heteroatoms. The van der Waals surface area contributed by atoms with Gasteiger partial charge in [0.1, 0.15) is 0 Å². The van der Waals surface area contributed by atoms with Crippen molar-refractivity contribution in [3.63, 3.8) is 0 Å². The van der Waals surface area contributed by atoms with Gasteiger partial charge in [-0.05, 0) is 17.0 Å². The van der Waals surface area contributed by atoms with Crippen molar-refractivity contribution in [1.82, 2.24) is 19.4 Å². The van der Waals surface area contributed by atoms with Crippen LogP contribution in [0.4, 0.5) is 0 Å². The van der Waals surface area contributed by atoms with Crippen LogP contribution in [0, 0.1) is 0 Å². The first-order valence-electron chi connectivity index (χ1n) is 12.4. The van der Waals surface area contributed by atoms with Crippen LogP contribution < -0.4 is 5.56 Å². The van der Waals surface area contributed by atoms with Crippen LogP contribution in [0.3, 0.4) is 0 Å². The summed E-state index contributed by atoms with van der Waals surface area (Å²) in [6, 6.07) is 22.8. The Labute approximate surface area is 211 Å². The van der Waals surface area contributed by atoms with Crippen molar-refractivity contribution in [2.24, 2.45) is 0 Å². The van der Waals surface area contributed by atoms with Crippen molar-refractivity contribution in [3.05, 3.63) is 93.9 Å². The molecule has 2 aliphatic heterocycles. The summed E-state index contributed by atoms with van der Waals surface area (Å²) >= 11 is 1.58. The highest BCUT2D eigenvalue weighted by Gasteiger charge is 2.32. The van der Waals surface area contributed by atoms with Crippen LogP contribution in [0.15, 0.2) is 76.7 Å². The summed E-state index contributed by atoms with van der Waals surface area (Å²) in [4.78, 5) is 35.1. The molecule has 5 rings (SSSR count). The minimum absolute atomic E-state index is 0.0418. The highest BCUT2D eigenvalue weighted by molar-refractivity contribution is 7.99. The number of piperazine rings is 1. The van der Waals surface area contributed by atoms with Crippen LogP contribution in [-0.4, -0.2) is 57.2 Å². The first kappa shape index (κ1) is 23.8. The number of carbonyl (C=O) groups excluding carboxylic acids is 1. The minimum Gasteiger partial charge on any atom is -0.340 e. The van der Waals surface area contributed by atoms with Crippen LogP contribution in [0.25, 0.3) is 0 Å².